The van der Waals surface area contributed by atoms with E-state index in [1.54, 1.807) is 0 Å². The molecule has 564 valence electrons. The van der Waals surface area contributed by atoms with Crippen LogP contribution in [-0.2, 0) is 65.4 Å². The van der Waals surface area contributed by atoms with Gasteiger partial charge in [0.2, 0.25) is 0 Å². The van der Waals surface area contributed by atoms with Crippen molar-refractivity contribution in [2.45, 2.75) is 419 Å². The quantitative estimate of drug-likeness (QED) is 0.0222. The summed E-state index contributed by atoms with van der Waals surface area (Å²) >= 11 is 0. The van der Waals surface area contributed by atoms with Crippen molar-refractivity contribution in [3.05, 3.63) is 0 Å². The zero-order valence-electron chi connectivity index (χ0n) is 61.8. The van der Waals surface area contributed by atoms with Crippen LogP contribution in [-0.4, -0.2) is 96.7 Å². The van der Waals surface area contributed by atoms with E-state index in [4.69, 9.17) is 37.0 Å². The summed E-state index contributed by atoms with van der Waals surface area (Å²) < 4.78 is 68.4. The molecule has 95 heavy (non-hydrogen) atoms. The highest BCUT2D eigenvalue weighted by Gasteiger charge is 2.30. The lowest BCUT2D eigenvalue weighted by atomic mass is 10.0. The molecule has 0 aromatic rings. The van der Waals surface area contributed by atoms with Crippen LogP contribution in [0.25, 0.3) is 0 Å². The number of carbonyl (C=O) groups is 4. The van der Waals surface area contributed by atoms with Crippen LogP contribution < -0.4 is 0 Å². The molecule has 0 heterocycles. The third kappa shape index (κ3) is 70.3. The van der Waals surface area contributed by atoms with Gasteiger partial charge in [0.1, 0.15) is 19.3 Å². The SMILES string of the molecule is CCCCCCCCCCCCCCCCCCCCC(=O)O[C@H](COC(=O)CCCCCCCCCCCCCCC(C)C)COP(=O)(O)OC[C@@H](O)COP(=O)(O)OC[C@@H](COC(=O)CCCCCCCCC)OC(=O)CCCCCCCCCCCCCCCCC. The molecular weight excluding hydrogens is 1250 g/mol. The number of phosphoric acid groups is 2. The highest BCUT2D eigenvalue weighted by Crippen LogP contribution is 2.45. The summed E-state index contributed by atoms with van der Waals surface area (Å²) in [5, 5.41) is 10.6. The summed E-state index contributed by atoms with van der Waals surface area (Å²) in [5.74, 6) is -1.33. The number of hydrogen-bond acceptors (Lipinski definition) is 15. The highest BCUT2D eigenvalue weighted by atomic mass is 31.2. The number of phosphoric ester groups is 2. The van der Waals surface area contributed by atoms with Gasteiger partial charge in [-0.1, -0.05) is 349 Å². The second kappa shape index (κ2) is 69.2. The van der Waals surface area contributed by atoms with E-state index in [0.29, 0.717) is 25.7 Å². The summed E-state index contributed by atoms with van der Waals surface area (Å²) in [6, 6.07) is 0. The molecule has 17 nitrogen and oxygen atoms in total. The van der Waals surface area contributed by atoms with Gasteiger partial charge >= 0.3 is 39.5 Å². The maximum atomic E-state index is 13.1. The van der Waals surface area contributed by atoms with Gasteiger partial charge < -0.3 is 33.8 Å². The first-order chi connectivity index (χ1) is 46.0. The normalized spacial score (nSPS) is 13.9. The van der Waals surface area contributed by atoms with Gasteiger partial charge in [0.15, 0.2) is 12.2 Å². The molecule has 0 saturated heterocycles. The van der Waals surface area contributed by atoms with Crippen LogP contribution in [0.5, 0.6) is 0 Å². The number of hydrogen-bond donors (Lipinski definition) is 3. The van der Waals surface area contributed by atoms with Crippen LogP contribution >= 0.6 is 15.6 Å². The molecule has 3 N–H and O–H groups in total. The average Bonchev–Trinajstić information content (AvgIpc) is 1.44. The molecule has 2 unspecified atom stereocenters. The zero-order valence-corrected chi connectivity index (χ0v) is 63.6. The smallest absolute Gasteiger partial charge is 0.462 e. The molecule has 0 aliphatic carbocycles. The molecule has 0 rings (SSSR count). The standard InChI is InChI=1S/C76H148O17P2/c1-6-9-12-15-18-20-22-24-26-27-28-30-32-38-42-47-52-57-62-76(81)93-72(66-87-74(79)60-55-50-45-40-36-34-33-35-39-44-48-53-58-69(4)5)68-91-95(84,85)89-64-70(77)63-88-94(82,83)90-67-71(65-86-73(78)59-54-49-43-17-14-11-8-3)92-75(80)61-56-51-46-41-37-31-29-25-23-21-19-16-13-10-7-2/h69-72,77H,6-68H2,1-5H3,(H,82,83)(H,84,85)/t70-,71+,72+/m0/s1. The van der Waals surface area contributed by atoms with E-state index in [1.165, 1.54) is 212 Å². The number of ether oxygens (including phenoxy) is 4. The summed E-state index contributed by atoms with van der Waals surface area (Å²) in [5.41, 5.74) is 0. The fourth-order valence-corrected chi connectivity index (χ4v) is 13.3. The van der Waals surface area contributed by atoms with E-state index in [0.717, 1.165) is 109 Å². The van der Waals surface area contributed by atoms with E-state index in [1.807, 2.05) is 0 Å². The lowest BCUT2D eigenvalue weighted by Crippen LogP contribution is -2.30. The van der Waals surface area contributed by atoms with Crippen molar-refractivity contribution in [3.8, 4) is 0 Å². The Balaban J connectivity index is 5.19. The molecule has 0 amide bonds. The Morgan fingerprint density at radius 1 is 0.284 bits per heavy atom. The van der Waals surface area contributed by atoms with Gasteiger partial charge in [0.25, 0.3) is 0 Å². The third-order valence-electron chi connectivity index (χ3n) is 17.8. The van der Waals surface area contributed by atoms with Crippen LogP contribution in [0.2, 0.25) is 0 Å². The first kappa shape index (κ1) is 93.1. The van der Waals surface area contributed by atoms with E-state index in [2.05, 4.69) is 34.6 Å². The second-order valence-corrected chi connectivity index (χ2v) is 30.8. The number of unbranched alkanes of at least 4 members (excludes halogenated alkanes) is 48. The first-order valence-corrected chi connectivity index (χ1v) is 42.6. The Labute approximate surface area is 581 Å². The summed E-state index contributed by atoms with van der Waals surface area (Å²) in [6.07, 6.45) is 58.3. The van der Waals surface area contributed by atoms with Crippen molar-refractivity contribution < 1.29 is 80.2 Å². The van der Waals surface area contributed by atoms with Gasteiger partial charge in [-0.15, -0.1) is 0 Å². The molecule has 0 aromatic carbocycles. The number of rotatable bonds is 76. The average molecular weight is 1400 g/mol. The lowest BCUT2D eigenvalue weighted by molar-refractivity contribution is -0.161. The van der Waals surface area contributed by atoms with Crippen molar-refractivity contribution >= 4 is 39.5 Å². The Kier molecular flexibility index (Phi) is 67.7. The minimum atomic E-state index is -4.96. The maximum Gasteiger partial charge on any atom is 0.472 e. The molecule has 0 aromatic heterocycles. The number of esters is 4. The lowest BCUT2D eigenvalue weighted by Gasteiger charge is -2.21. The summed E-state index contributed by atoms with van der Waals surface area (Å²) in [7, 11) is -9.91. The van der Waals surface area contributed by atoms with Crippen LogP contribution in [0, 0.1) is 5.92 Å². The summed E-state index contributed by atoms with van der Waals surface area (Å²) in [4.78, 5) is 72.7. The number of aliphatic hydroxyl groups excluding tert-OH is 1. The molecule has 5 atom stereocenters. The monoisotopic (exact) mass is 1400 g/mol. The van der Waals surface area contributed by atoms with Crippen LogP contribution in [0.4, 0.5) is 0 Å². The predicted molar refractivity (Wildman–Crippen MR) is 386 cm³/mol. The van der Waals surface area contributed by atoms with Crippen molar-refractivity contribution in [1.82, 2.24) is 0 Å². The minimum absolute atomic E-state index is 0.108. The van der Waals surface area contributed by atoms with Crippen LogP contribution in [0.3, 0.4) is 0 Å². The molecule has 0 aliphatic rings. The Morgan fingerprint density at radius 2 is 0.484 bits per heavy atom. The van der Waals surface area contributed by atoms with Gasteiger partial charge in [-0.2, -0.15) is 0 Å². The number of aliphatic hydroxyl groups is 1. The largest absolute Gasteiger partial charge is 0.472 e. The number of carbonyl (C=O) groups excluding carboxylic acids is 4. The van der Waals surface area contributed by atoms with E-state index >= 15 is 0 Å². The van der Waals surface area contributed by atoms with Crippen molar-refractivity contribution in [2.75, 3.05) is 39.6 Å². The predicted octanol–water partition coefficient (Wildman–Crippen LogP) is 22.5. The van der Waals surface area contributed by atoms with Gasteiger partial charge in [0.05, 0.1) is 26.4 Å². The van der Waals surface area contributed by atoms with Crippen molar-refractivity contribution in [1.29, 1.82) is 0 Å². The topological polar surface area (TPSA) is 237 Å². The van der Waals surface area contributed by atoms with Crippen LogP contribution in [0.1, 0.15) is 401 Å². The second-order valence-electron chi connectivity index (χ2n) is 27.9. The molecule has 0 saturated carbocycles. The van der Waals surface area contributed by atoms with Crippen molar-refractivity contribution in [2.24, 2.45) is 5.92 Å². The van der Waals surface area contributed by atoms with E-state index in [-0.39, 0.29) is 25.7 Å². The molecule has 0 bridgehead atoms. The molecule has 0 fully saturated rings. The third-order valence-corrected chi connectivity index (χ3v) is 19.7. The van der Waals surface area contributed by atoms with E-state index < -0.39 is 97.5 Å². The van der Waals surface area contributed by atoms with Gasteiger partial charge in [0, 0.05) is 25.7 Å². The van der Waals surface area contributed by atoms with Gasteiger partial charge in [-0.25, -0.2) is 9.13 Å². The molecule has 19 heteroatoms. The minimum Gasteiger partial charge on any atom is -0.462 e. The Bertz CT molecular complexity index is 1820. The molecule has 0 radical (unpaired) electrons. The molecule has 0 spiro atoms. The molecule has 0 aliphatic heterocycles. The van der Waals surface area contributed by atoms with Gasteiger partial charge in [-0.05, 0) is 31.6 Å². The molecular formula is C76H148O17P2. The fourth-order valence-electron chi connectivity index (χ4n) is 11.7. The fraction of sp³-hybridized carbons (Fsp3) is 0.947. The Hall–Kier alpha value is -1.94. The first-order valence-electron chi connectivity index (χ1n) is 39.6. The Morgan fingerprint density at radius 3 is 0.716 bits per heavy atom. The van der Waals surface area contributed by atoms with Crippen molar-refractivity contribution in [3.63, 3.8) is 0 Å². The van der Waals surface area contributed by atoms with Gasteiger partial charge in [-0.3, -0.25) is 37.3 Å². The summed E-state index contributed by atoms with van der Waals surface area (Å²) in [6.45, 7) is 7.27. The zero-order chi connectivity index (χ0) is 69.8. The van der Waals surface area contributed by atoms with E-state index in [9.17, 15) is 43.2 Å². The van der Waals surface area contributed by atoms with Crippen LogP contribution in [0.15, 0.2) is 0 Å². The highest BCUT2D eigenvalue weighted by molar-refractivity contribution is 7.47. The maximum absolute atomic E-state index is 13.1.